The van der Waals surface area contributed by atoms with E-state index in [2.05, 4.69) is 36.3 Å². The van der Waals surface area contributed by atoms with E-state index in [1.807, 2.05) is 19.9 Å². The Morgan fingerprint density at radius 3 is 2.36 bits per heavy atom. The number of aliphatic hydroxyl groups excluding tert-OH is 1. The van der Waals surface area contributed by atoms with E-state index in [0.717, 1.165) is 58.5 Å². The van der Waals surface area contributed by atoms with Crippen LogP contribution >= 0.6 is 0 Å². The summed E-state index contributed by atoms with van der Waals surface area (Å²) in [7, 11) is 1.68. The first kappa shape index (κ1) is 40.7. The first-order chi connectivity index (χ1) is 22.6. The third-order valence-corrected chi connectivity index (χ3v) is 8.98. The highest BCUT2D eigenvalue weighted by Gasteiger charge is 2.30. The van der Waals surface area contributed by atoms with Crippen molar-refractivity contribution in [2.75, 3.05) is 72.9 Å². The summed E-state index contributed by atoms with van der Waals surface area (Å²) in [6.07, 6.45) is 3.58. The van der Waals surface area contributed by atoms with Crippen LogP contribution in [0.15, 0.2) is 18.2 Å². The molecule has 1 aliphatic rings. The van der Waals surface area contributed by atoms with Gasteiger partial charge in [0.15, 0.2) is 0 Å². The van der Waals surface area contributed by atoms with Gasteiger partial charge in [0.2, 0.25) is 5.91 Å². The lowest BCUT2D eigenvalue weighted by atomic mass is 9.83. The number of methoxy groups -OCH3 is 1. The lowest BCUT2D eigenvalue weighted by molar-refractivity contribution is -0.127. The first-order valence-corrected chi connectivity index (χ1v) is 17.7. The topological polar surface area (TPSA) is 145 Å². The fourth-order valence-electron chi connectivity index (χ4n) is 5.60. The highest BCUT2D eigenvalue weighted by Crippen LogP contribution is 2.27. The monoisotopic (exact) mass is 664 g/mol. The van der Waals surface area contributed by atoms with Crippen molar-refractivity contribution in [2.24, 2.45) is 29.4 Å². The molecule has 5 N–H and O–H groups in total. The minimum absolute atomic E-state index is 0.0284. The van der Waals surface area contributed by atoms with Crippen molar-refractivity contribution in [3.05, 3.63) is 23.8 Å². The smallest absolute Gasteiger partial charge is 0.255 e. The maximum absolute atomic E-state index is 13.5. The zero-order chi connectivity index (χ0) is 34.6. The molecule has 1 aliphatic heterocycles. The average molecular weight is 665 g/mol. The number of ether oxygens (including phenoxy) is 4. The highest BCUT2D eigenvalue weighted by atomic mass is 16.5. The summed E-state index contributed by atoms with van der Waals surface area (Å²) in [5.41, 5.74) is 6.96. The molecule has 1 aromatic carbocycles. The third kappa shape index (κ3) is 15.5. The Balaban J connectivity index is 2.01. The van der Waals surface area contributed by atoms with Gasteiger partial charge in [-0.15, -0.1) is 0 Å². The van der Waals surface area contributed by atoms with Gasteiger partial charge in [-0.2, -0.15) is 0 Å². The molecule has 0 bridgehead atoms. The number of carbonyl (C=O) groups excluding carboxylic acids is 2. The summed E-state index contributed by atoms with van der Waals surface area (Å²) in [5.74, 6) is 0.874. The Bertz CT molecular complexity index is 1020. The van der Waals surface area contributed by atoms with Gasteiger partial charge in [0.05, 0.1) is 31.5 Å². The predicted molar refractivity (Wildman–Crippen MR) is 186 cm³/mol. The summed E-state index contributed by atoms with van der Waals surface area (Å²) in [4.78, 5) is 28.6. The van der Waals surface area contributed by atoms with Gasteiger partial charge in [0, 0.05) is 64.5 Å². The van der Waals surface area contributed by atoms with E-state index in [-0.39, 0.29) is 35.5 Å². The van der Waals surface area contributed by atoms with Crippen LogP contribution in [0.25, 0.3) is 0 Å². The molecule has 0 aliphatic carbocycles. The van der Waals surface area contributed by atoms with E-state index in [0.29, 0.717) is 62.8 Å². The molecule has 1 saturated heterocycles. The Hall–Kier alpha value is -2.44. The number of nitrogens with zero attached hydrogens (tertiary/aromatic N) is 1. The molecule has 47 heavy (non-hydrogen) atoms. The second-order valence-corrected chi connectivity index (χ2v) is 13.4. The van der Waals surface area contributed by atoms with Crippen molar-refractivity contribution in [1.29, 1.82) is 0 Å². The minimum atomic E-state index is -0.829. The molecule has 2 amide bonds. The lowest BCUT2D eigenvalue weighted by Crippen LogP contribution is -2.44. The lowest BCUT2D eigenvalue weighted by Gasteiger charge is -2.30. The van der Waals surface area contributed by atoms with Crippen LogP contribution in [0.5, 0.6) is 11.5 Å². The highest BCUT2D eigenvalue weighted by molar-refractivity contribution is 5.97. The maximum Gasteiger partial charge on any atom is 0.255 e. The third-order valence-electron chi connectivity index (χ3n) is 8.98. The predicted octanol–water partition coefficient (Wildman–Crippen LogP) is 3.86. The van der Waals surface area contributed by atoms with E-state index < -0.39 is 12.1 Å². The van der Waals surface area contributed by atoms with Crippen molar-refractivity contribution >= 4 is 11.8 Å². The molecule has 270 valence electrons. The van der Waals surface area contributed by atoms with E-state index in [1.54, 1.807) is 19.2 Å². The number of carbonyl (C=O) groups is 2. The number of unbranched alkanes of at least 4 members (excludes halogenated alkanes) is 2. The van der Waals surface area contributed by atoms with Crippen molar-refractivity contribution in [2.45, 2.75) is 85.3 Å². The molecule has 11 nitrogen and oxygen atoms in total. The van der Waals surface area contributed by atoms with Crippen molar-refractivity contribution in [1.82, 2.24) is 15.5 Å². The zero-order valence-electron chi connectivity index (χ0n) is 29.9. The standard InChI is InChI=1S/C36H64N4O7/c1-7-8-13-38-36(43)31(27(4)5)24-33(41)32(37)22-28(26(2)3)25-39-35(42)30-12-11-29(23-34(30)47-18-10-9-17-44-6)46-21-16-40-14-19-45-20-15-40/h11-12,23,26-28,31-33,41H,7-10,13-22,24-25,37H2,1-6H3,(H,38,43)(H,39,42). The molecule has 1 fully saturated rings. The number of benzene rings is 1. The van der Waals surface area contributed by atoms with Crippen LogP contribution in [0.1, 0.15) is 83.5 Å². The molecule has 11 heteroatoms. The summed E-state index contributed by atoms with van der Waals surface area (Å²) >= 11 is 0. The molecule has 0 radical (unpaired) electrons. The second-order valence-electron chi connectivity index (χ2n) is 13.4. The number of hydrogen-bond acceptors (Lipinski definition) is 9. The summed E-state index contributed by atoms with van der Waals surface area (Å²) in [6, 6.07) is 4.83. The molecule has 0 aromatic heterocycles. The molecule has 4 atom stereocenters. The first-order valence-electron chi connectivity index (χ1n) is 17.7. The van der Waals surface area contributed by atoms with Gasteiger partial charge in [-0.05, 0) is 62.0 Å². The Morgan fingerprint density at radius 2 is 1.70 bits per heavy atom. The van der Waals surface area contributed by atoms with Crippen molar-refractivity contribution < 1.29 is 33.6 Å². The molecular weight excluding hydrogens is 600 g/mol. The van der Waals surface area contributed by atoms with E-state index in [1.165, 1.54) is 0 Å². The van der Waals surface area contributed by atoms with Gasteiger partial charge >= 0.3 is 0 Å². The van der Waals surface area contributed by atoms with E-state index >= 15 is 0 Å². The van der Waals surface area contributed by atoms with Crippen LogP contribution in [0.3, 0.4) is 0 Å². The fraction of sp³-hybridized carbons (Fsp3) is 0.778. The normalized spacial score (nSPS) is 16.5. The number of hydrogen-bond donors (Lipinski definition) is 4. The van der Waals surface area contributed by atoms with E-state index in [9.17, 15) is 14.7 Å². The molecule has 0 spiro atoms. The summed E-state index contributed by atoms with van der Waals surface area (Å²) in [5, 5.41) is 17.1. The maximum atomic E-state index is 13.5. The molecule has 0 saturated carbocycles. The van der Waals surface area contributed by atoms with Crippen molar-refractivity contribution in [3.8, 4) is 11.5 Å². The fourth-order valence-corrected chi connectivity index (χ4v) is 5.60. The zero-order valence-corrected chi connectivity index (χ0v) is 29.9. The Labute approximate surface area is 283 Å². The van der Waals surface area contributed by atoms with Gasteiger partial charge < -0.3 is 40.4 Å². The number of nitrogens with two attached hydrogens (primary N) is 1. The van der Waals surface area contributed by atoms with Gasteiger partial charge in [-0.1, -0.05) is 41.0 Å². The number of amides is 2. The molecule has 2 rings (SSSR count). The number of nitrogens with one attached hydrogen (secondary N) is 2. The molecular formula is C36H64N4O7. The SMILES string of the molecule is CCCCNC(=O)C(CC(O)C(N)CC(CNC(=O)c1ccc(OCCN2CCOCC2)cc1OCCCCOC)C(C)C)C(C)C. The Morgan fingerprint density at radius 1 is 0.979 bits per heavy atom. The van der Waals surface area contributed by atoms with Crippen LogP contribution in [-0.4, -0.2) is 107 Å². The van der Waals surface area contributed by atoms with Crippen LogP contribution in [0.2, 0.25) is 0 Å². The van der Waals surface area contributed by atoms with Crippen LogP contribution in [0, 0.1) is 23.7 Å². The minimum Gasteiger partial charge on any atom is -0.493 e. The largest absolute Gasteiger partial charge is 0.493 e. The average Bonchev–Trinajstić information content (AvgIpc) is 3.05. The van der Waals surface area contributed by atoms with Gasteiger partial charge in [0.25, 0.3) is 5.91 Å². The number of morpholine rings is 1. The van der Waals surface area contributed by atoms with Crippen molar-refractivity contribution in [3.63, 3.8) is 0 Å². The molecule has 1 heterocycles. The Kier molecular flexibility index (Phi) is 19.9. The second kappa shape index (κ2) is 23.0. The van der Waals surface area contributed by atoms with Crippen LogP contribution in [-0.2, 0) is 14.3 Å². The van der Waals surface area contributed by atoms with Gasteiger partial charge in [-0.3, -0.25) is 14.5 Å². The van der Waals surface area contributed by atoms with Gasteiger partial charge in [0.1, 0.15) is 18.1 Å². The summed E-state index contributed by atoms with van der Waals surface area (Å²) in [6.45, 7) is 17.0. The summed E-state index contributed by atoms with van der Waals surface area (Å²) < 4.78 is 22.7. The number of aliphatic hydroxyl groups is 1. The van der Waals surface area contributed by atoms with Crippen LogP contribution in [0.4, 0.5) is 0 Å². The quantitative estimate of drug-likeness (QED) is 0.121. The molecule has 4 unspecified atom stereocenters. The van der Waals surface area contributed by atoms with E-state index in [4.69, 9.17) is 24.7 Å². The number of rotatable bonds is 24. The van der Waals surface area contributed by atoms with Gasteiger partial charge in [-0.25, -0.2) is 0 Å². The van der Waals surface area contributed by atoms with Crippen LogP contribution < -0.4 is 25.8 Å². The molecule has 1 aromatic rings.